The van der Waals surface area contributed by atoms with Crippen LogP contribution in [0.15, 0.2) is 46.9 Å². The van der Waals surface area contributed by atoms with Crippen molar-refractivity contribution in [2.75, 3.05) is 18.9 Å². The zero-order valence-corrected chi connectivity index (χ0v) is 15.7. The summed E-state index contributed by atoms with van der Waals surface area (Å²) < 4.78 is 0.964. The van der Waals surface area contributed by atoms with Crippen LogP contribution in [0.5, 0.6) is 0 Å². The van der Waals surface area contributed by atoms with Gasteiger partial charge < -0.3 is 10.2 Å². The molecule has 0 unspecified atom stereocenters. The lowest BCUT2D eigenvalue weighted by molar-refractivity contribution is -0.111. The minimum atomic E-state index is -0.181. The van der Waals surface area contributed by atoms with Crippen LogP contribution in [0.2, 0.25) is 5.02 Å². The second-order valence-electron chi connectivity index (χ2n) is 5.90. The third-order valence-corrected chi connectivity index (χ3v) is 5.36. The molecule has 0 saturated carbocycles. The molecular formula is C19H18BrClN2O. The van der Waals surface area contributed by atoms with E-state index in [-0.39, 0.29) is 5.91 Å². The molecule has 1 amide bonds. The molecule has 2 aromatic rings. The van der Waals surface area contributed by atoms with E-state index in [0.29, 0.717) is 5.02 Å². The van der Waals surface area contributed by atoms with Crippen molar-refractivity contribution in [2.45, 2.75) is 13.0 Å². The molecule has 3 nitrogen and oxygen atoms in total. The van der Waals surface area contributed by atoms with Crippen molar-refractivity contribution in [2.24, 2.45) is 0 Å². The number of halogens is 2. The Morgan fingerprint density at radius 2 is 2.08 bits per heavy atom. The highest BCUT2D eigenvalue weighted by molar-refractivity contribution is 9.10. The van der Waals surface area contributed by atoms with Crippen molar-refractivity contribution in [3.8, 4) is 0 Å². The summed E-state index contributed by atoms with van der Waals surface area (Å²) in [5, 5.41) is 3.56. The van der Waals surface area contributed by atoms with Crippen LogP contribution < -0.4 is 5.32 Å². The Labute approximate surface area is 155 Å². The van der Waals surface area contributed by atoms with Gasteiger partial charge in [-0.25, -0.2) is 0 Å². The van der Waals surface area contributed by atoms with E-state index in [0.717, 1.165) is 35.2 Å². The van der Waals surface area contributed by atoms with E-state index in [2.05, 4.69) is 39.3 Å². The molecule has 5 heteroatoms. The summed E-state index contributed by atoms with van der Waals surface area (Å²) in [6, 6.07) is 11.5. The molecule has 0 bridgehead atoms. The summed E-state index contributed by atoms with van der Waals surface area (Å²) in [6.45, 7) is 1.95. The maximum Gasteiger partial charge on any atom is 0.248 e. The molecule has 2 aromatic carbocycles. The molecular weight excluding hydrogens is 388 g/mol. The number of nitrogens with one attached hydrogen (secondary N) is 1. The number of anilines is 1. The van der Waals surface area contributed by atoms with Crippen LogP contribution in [0.25, 0.3) is 6.08 Å². The summed E-state index contributed by atoms with van der Waals surface area (Å²) in [6.07, 6.45) is 4.25. The van der Waals surface area contributed by atoms with Gasteiger partial charge in [0.05, 0.1) is 5.69 Å². The van der Waals surface area contributed by atoms with E-state index in [4.69, 9.17) is 11.6 Å². The van der Waals surface area contributed by atoms with E-state index >= 15 is 0 Å². The predicted octanol–water partition coefficient (Wildman–Crippen LogP) is 4.74. The average molecular weight is 406 g/mol. The number of hydrogen-bond donors (Lipinski definition) is 1. The molecule has 0 saturated heterocycles. The fourth-order valence-electron chi connectivity index (χ4n) is 2.77. The van der Waals surface area contributed by atoms with Gasteiger partial charge in [-0.1, -0.05) is 35.9 Å². The number of carbonyl (C=O) groups is 1. The van der Waals surface area contributed by atoms with Crippen molar-refractivity contribution in [3.63, 3.8) is 0 Å². The maximum atomic E-state index is 12.2. The first kappa shape index (κ1) is 17.2. The normalized spacial score (nSPS) is 14.6. The van der Waals surface area contributed by atoms with E-state index < -0.39 is 0 Å². The van der Waals surface area contributed by atoms with Gasteiger partial charge in [0, 0.05) is 28.7 Å². The van der Waals surface area contributed by atoms with Crippen LogP contribution in [-0.4, -0.2) is 24.4 Å². The molecule has 1 aliphatic rings. The second-order valence-corrected chi connectivity index (χ2v) is 7.10. The third kappa shape index (κ3) is 3.89. The number of amides is 1. The monoisotopic (exact) mass is 404 g/mol. The lowest BCUT2D eigenvalue weighted by atomic mass is 9.99. The molecule has 0 aromatic heterocycles. The number of fused-ring (bicyclic) bond motifs is 1. The number of nitrogens with zero attached hydrogens (tertiary/aromatic N) is 1. The van der Waals surface area contributed by atoms with Gasteiger partial charge in [-0.3, -0.25) is 4.79 Å². The highest BCUT2D eigenvalue weighted by atomic mass is 79.9. The highest BCUT2D eigenvalue weighted by Crippen LogP contribution is 2.32. The van der Waals surface area contributed by atoms with Crippen molar-refractivity contribution < 1.29 is 4.79 Å². The average Bonchev–Trinajstić information content (AvgIpc) is 2.57. The molecule has 124 valence electrons. The molecule has 1 aliphatic heterocycles. The lowest BCUT2D eigenvalue weighted by Gasteiger charge is -2.26. The van der Waals surface area contributed by atoms with Crippen molar-refractivity contribution in [3.05, 3.63) is 68.7 Å². The summed E-state index contributed by atoms with van der Waals surface area (Å²) >= 11 is 9.74. The predicted molar refractivity (Wildman–Crippen MR) is 103 cm³/mol. The summed E-state index contributed by atoms with van der Waals surface area (Å²) in [5.41, 5.74) is 4.19. The van der Waals surface area contributed by atoms with Gasteiger partial charge in [0.1, 0.15) is 0 Å². The first-order valence-corrected chi connectivity index (χ1v) is 8.94. The molecule has 0 atom stereocenters. The van der Waals surface area contributed by atoms with Crippen LogP contribution >= 0.6 is 27.5 Å². The first-order valence-electron chi connectivity index (χ1n) is 7.77. The number of carbonyl (C=O) groups excluding carboxylic acids is 1. The molecule has 24 heavy (non-hydrogen) atoms. The number of rotatable bonds is 3. The zero-order chi connectivity index (χ0) is 17.1. The van der Waals surface area contributed by atoms with E-state index in [1.807, 2.05) is 24.3 Å². The highest BCUT2D eigenvalue weighted by Gasteiger charge is 2.18. The molecule has 0 radical (unpaired) electrons. The van der Waals surface area contributed by atoms with Gasteiger partial charge in [0.25, 0.3) is 0 Å². The molecule has 0 aliphatic carbocycles. The second kappa shape index (κ2) is 7.51. The van der Waals surface area contributed by atoms with Crippen LogP contribution in [0.4, 0.5) is 5.69 Å². The van der Waals surface area contributed by atoms with Crippen LogP contribution in [0, 0.1) is 0 Å². The van der Waals surface area contributed by atoms with Crippen LogP contribution in [-0.2, 0) is 17.8 Å². The van der Waals surface area contributed by atoms with E-state index in [1.54, 1.807) is 12.1 Å². The fraction of sp³-hybridized carbons (Fsp3) is 0.211. The minimum absolute atomic E-state index is 0.181. The maximum absolute atomic E-state index is 12.2. The SMILES string of the molecule is CN1CCc2ccc(NC(=O)/C=C/c3ccccc3Cl)c(Br)c2C1. The van der Waals surface area contributed by atoms with E-state index in [9.17, 15) is 4.79 Å². The van der Waals surface area contributed by atoms with Gasteiger partial charge >= 0.3 is 0 Å². The Bertz CT molecular complexity index is 804. The topological polar surface area (TPSA) is 32.3 Å². The number of benzene rings is 2. The third-order valence-electron chi connectivity index (χ3n) is 4.11. The lowest BCUT2D eigenvalue weighted by Crippen LogP contribution is -2.27. The Hall–Kier alpha value is -1.62. The van der Waals surface area contributed by atoms with Crippen LogP contribution in [0.3, 0.4) is 0 Å². The summed E-state index contributed by atoms with van der Waals surface area (Å²) in [7, 11) is 2.10. The Morgan fingerprint density at radius 1 is 1.29 bits per heavy atom. The Kier molecular flexibility index (Phi) is 5.39. The molecule has 3 rings (SSSR count). The largest absolute Gasteiger partial charge is 0.321 e. The molecule has 0 spiro atoms. The van der Waals surface area contributed by atoms with Crippen LogP contribution in [0.1, 0.15) is 16.7 Å². The van der Waals surface area contributed by atoms with E-state index in [1.165, 1.54) is 17.2 Å². The number of hydrogen-bond acceptors (Lipinski definition) is 2. The quantitative estimate of drug-likeness (QED) is 0.748. The fourth-order valence-corrected chi connectivity index (χ4v) is 3.58. The van der Waals surface area contributed by atoms with Crippen molar-refractivity contribution in [1.29, 1.82) is 0 Å². The molecule has 0 fully saturated rings. The molecule has 1 heterocycles. The Balaban J connectivity index is 1.75. The smallest absolute Gasteiger partial charge is 0.248 e. The van der Waals surface area contributed by atoms with Gasteiger partial charge in [-0.2, -0.15) is 0 Å². The minimum Gasteiger partial charge on any atom is -0.321 e. The standard InChI is InChI=1S/C19H18BrClN2O/c1-23-11-10-13-6-8-17(19(20)15(13)12-23)22-18(24)9-7-14-4-2-3-5-16(14)21/h2-9H,10-12H2,1H3,(H,22,24)/b9-7+. The summed E-state index contributed by atoms with van der Waals surface area (Å²) in [4.78, 5) is 14.5. The number of likely N-dealkylation sites (N-methyl/N-ethyl adjacent to an activating group) is 1. The van der Waals surface area contributed by atoms with Gasteiger partial charge in [-0.05, 0) is 64.3 Å². The van der Waals surface area contributed by atoms with Gasteiger partial charge in [-0.15, -0.1) is 0 Å². The zero-order valence-electron chi connectivity index (χ0n) is 13.4. The van der Waals surface area contributed by atoms with Crippen molar-refractivity contribution >= 4 is 45.2 Å². The van der Waals surface area contributed by atoms with Gasteiger partial charge in [0.2, 0.25) is 5.91 Å². The Morgan fingerprint density at radius 3 is 2.88 bits per heavy atom. The summed E-state index contributed by atoms with van der Waals surface area (Å²) in [5.74, 6) is -0.181. The molecule has 1 N–H and O–H groups in total. The first-order chi connectivity index (χ1) is 11.5. The van der Waals surface area contributed by atoms with Crippen molar-refractivity contribution in [1.82, 2.24) is 4.90 Å². The van der Waals surface area contributed by atoms with Gasteiger partial charge in [0.15, 0.2) is 0 Å².